The van der Waals surface area contributed by atoms with E-state index in [1.807, 2.05) is 12.1 Å². The number of ether oxygens (including phenoxy) is 2. The third kappa shape index (κ3) is 6.02. The van der Waals surface area contributed by atoms with E-state index in [1.54, 1.807) is 23.5 Å². The Kier molecular flexibility index (Phi) is 8.64. The largest absolute Gasteiger partial charge is 0.453 e. The van der Waals surface area contributed by atoms with Crippen LogP contribution in [0, 0.1) is 0 Å². The summed E-state index contributed by atoms with van der Waals surface area (Å²) in [6.45, 7) is 4.75. The fourth-order valence-electron chi connectivity index (χ4n) is 8.53. The summed E-state index contributed by atoms with van der Waals surface area (Å²) in [4.78, 5) is 9.07. The molecule has 0 fully saturated rings. The van der Waals surface area contributed by atoms with Gasteiger partial charge in [-0.2, -0.15) is 0 Å². The molecule has 0 aromatic heterocycles. The van der Waals surface area contributed by atoms with Gasteiger partial charge in [0.2, 0.25) is 0 Å². The van der Waals surface area contributed by atoms with Gasteiger partial charge >= 0.3 is 0 Å². The standard InChI is InChI=1S/C53H38N2O2S2/c1-53(2)41-33-43(54(35-19-7-3-8-20-35)36-21-9-4-10-22-36)49-51(58-47-29-17-15-27-45(47)56-49)39(41)31-32-40-42(53)34-44(50-52(40)59-48-30-18-16-28-46(48)57-50)55(37-23-11-5-12-24-37)38-25-13-6-14-26-38/h3-34H,1-2H3. The Morgan fingerprint density at radius 3 is 1.08 bits per heavy atom. The maximum atomic E-state index is 7.04. The highest BCUT2D eigenvalue weighted by molar-refractivity contribution is 8.00. The Labute approximate surface area is 353 Å². The van der Waals surface area contributed by atoms with E-state index < -0.39 is 5.41 Å². The van der Waals surface area contributed by atoms with Crippen molar-refractivity contribution in [3.8, 4) is 23.0 Å². The van der Waals surface area contributed by atoms with Crippen molar-refractivity contribution in [3.63, 3.8) is 0 Å². The van der Waals surface area contributed by atoms with E-state index in [9.17, 15) is 0 Å². The molecule has 0 bridgehead atoms. The van der Waals surface area contributed by atoms with E-state index in [2.05, 4.69) is 206 Å². The van der Waals surface area contributed by atoms with Gasteiger partial charge in [0.25, 0.3) is 0 Å². The Bertz CT molecular complexity index is 2640. The lowest BCUT2D eigenvalue weighted by molar-refractivity contribution is 0.453. The molecule has 3 aliphatic rings. The van der Waals surface area contributed by atoms with Gasteiger partial charge in [-0.3, -0.25) is 0 Å². The molecule has 2 heterocycles. The van der Waals surface area contributed by atoms with Gasteiger partial charge in [0.05, 0.1) is 31.0 Å². The lowest BCUT2D eigenvalue weighted by atomic mass is 9.75. The second-order valence-electron chi connectivity index (χ2n) is 15.3. The number of hydrogen-bond acceptors (Lipinski definition) is 6. The Balaban J connectivity index is 1.20. The van der Waals surface area contributed by atoms with Gasteiger partial charge in [0.1, 0.15) is 11.5 Å². The average molecular weight is 799 g/mol. The minimum atomic E-state index is -0.491. The van der Waals surface area contributed by atoms with Gasteiger partial charge in [0, 0.05) is 28.2 Å². The van der Waals surface area contributed by atoms with Gasteiger partial charge in [-0.15, -0.1) is 0 Å². The molecule has 0 spiro atoms. The smallest absolute Gasteiger partial charge is 0.166 e. The molecule has 4 nitrogen and oxygen atoms in total. The highest BCUT2D eigenvalue weighted by atomic mass is 32.2. The van der Waals surface area contributed by atoms with Crippen molar-refractivity contribution in [2.75, 3.05) is 9.80 Å². The van der Waals surface area contributed by atoms with Crippen LogP contribution in [0.15, 0.2) is 202 Å². The van der Waals surface area contributed by atoms with Crippen LogP contribution in [0.1, 0.15) is 36.1 Å². The summed E-state index contributed by atoms with van der Waals surface area (Å²) in [5.74, 6) is 3.42. The fourth-order valence-corrected chi connectivity index (χ4v) is 10.7. The highest BCUT2D eigenvalue weighted by Crippen LogP contribution is 2.61. The topological polar surface area (TPSA) is 24.9 Å². The van der Waals surface area contributed by atoms with Gasteiger partial charge in [0.15, 0.2) is 11.5 Å². The van der Waals surface area contributed by atoms with Crippen LogP contribution < -0.4 is 19.3 Å². The SMILES string of the molecule is CC1(C)c2cc(N(c3ccccc3)c3ccccc3)c3c(c2C=Cc2c1cc(N(c1ccccc1)c1ccccc1)c1c2Sc2ccccc2O1)Sc1ccccc1O3. The Morgan fingerprint density at radius 2 is 0.729 bits per heavy atom. The maximum Gasteiger partial charge on any atom is 0.166 e. The molecular formula is C53H38N2O2S2. The molecule has 0 saturated carbocycles. The van der Waals surface area contributed by atoms with Crippen LogP contribution >= 0.6 is 23.5 Å². The van der Waals surface area contributed by atoms with Gasteiger partial charge in [-0.05, 0) is 107 Å². The van der Waals surface area contributed by atoms with Crippen LogP contribution in [0.2, 0.25) is 0 Å². The number of anilines is 6. The molecule has 6 heteroatoms. The zero-order valence-electron chi connectivity index (χ0n) is 32.5. The molecule has 11 rings (SSSR count). The molecule has 0 radical (unpaired) electrons. The third-order valence-corrected chi connectivity index (χ3v) is 13.7. The van der Waals surface area contributed by atoms with Gasteiger partial charge in [-0.25, -0.2) is 0 Å². The van der Waals surface area contributed by atoms with Gasteiger partial charge < -0.3 is 19.3 Å². The normalized spacial score (nSPS) is 13.8. The van der Waals surface area contributed by atoms with Crippen LogP contribution in [0.3, 0.4) is 0 Å². The highest BCUT2D eigenvalue weighted by Gasteiger charge is 2.39. The molecule has 8 aromatic rings. The predicted octanol–water partition coefficient (Wildman–Crippen LogP) is 15.9. The molecule has 284 valence electrons. The summed E-state index contributed by atoms with van der Waals surface area (Å²) in [5, 5.41) is 0. The fraction of sp³-hybridized carbons (Fsp3) is 0.0566. The summed E-state index contributed by atoms with van der Waals surface area (Å²) in [7, 11) is 0. The first-order valence-electron chi connectivity index (χ1n) is 19.8. The lowest BCUT2D eigenvalue weighted by Gasteiger charge is -2.37. The number of benzene rings is 8. The molecule has 59 heavy (non-hydrogen) atoms. The Morgan fingerprint density at radius 1 is 0.407 bits per heavy atom. The molecule has 2 aliphatic heterocycles. The van der Waals surface area contributed by atoms with Crippen molar-refractivity contribution in [2.45, 2.75) is 38.8 Å². The van der Waals surface area contributed by atoms with Crippen molar-refractivity contribution in [1.82, 2.24) is 0 Å². The first-order chi connectivity index (χ1) is 29.0. The van der Waals surface area contributed by atoms with Crippen LogP contribution in [0.25, 0.3) is 12.2 Å². The van der Waals surface area contributed by atoms with Crippen LogP contribution in [0.4, 0.5) is 34.1 Å². The number of fused-ring (bicyclic) bond motifs is 8. The summed E-state index contributed by atoms with van der Waals surface area (Å²) in [6.07, 6.45) is 4.64. The van der Waals surface area contributed by atoms with Crippen molar-refractivity contribution in [3.05, 3.63) is 204 Å². The van der Waals surface area contributed by atoms with E-state index in [4.69, 9.17) is 9.47 Å². The second-order valence-corrected chi connectivity index (χ2v) is 17.4. The summed E-state index contributed by atoms with van der Waals surface area (Å²) >= 11 is 3.58. The van der Waals surface area contributed by atoms with Crippen LogP contribution in [0.5, 0.6) is 23.0 Å². The van der Waals surface area contributed by atoms with Crippen molar-refractivity contribution >= 4 is 69.8 Å². The summed E-state index contributed by atoms with van der Waals surface area (Å²) in [6, 6.07) is 63.9. The summed E-state index contributed by atoms with van der Waals surface area (Å²) in [5.41, 5.74) is 10.5. The zero-order chi connectivity index (χ0) is 39.5. The van der Waals surface area contributed by atoms with Crippen LogP contribution in [-0.2, 0) is 5.41 Å². The third-order valence-electron chi connectivity index (χ3n) is 11.4. The molecule has 1 aliphatic carbocycles. The minimum Gasteiger partial charge on any atom is -0.453 e. The van der Waals surface area contributed by atoms with E-state index in [-0.39, 0.29) is 0 Å². The van der Waals surface area contributed by atoms with Crippen molar-refractivity contribution < 1.29 is 9.47 Å². The molecule has 0 amide bonds. The van der Waals surface area contributed by atoms with E-state index in [0.717, 1.165) is 87.8 Å². The number of nitrogens with zero attached hydrogens (tertiary/aromatic N) is 2. The van der Waals surface area contributed by atoms with E-state index in [1.165, 1.54) is 11.1 Å². The number of hydrogen-bond donors (Lipinski definition) is 0. The molecular weight excluding hydrogens is 761 g/mol. The number of para-hydroxylation sites is 6. The van der Waals surface area contributed by atoms with E-state index >= 15 is 0 Å². The Hall–Kier alpha value is -6.60. The van der Waals surface area contributed by atoms with Crippen molar-refractivity contribution in [1.29, 1.82) is 0 Å². The molecule has 0 N–H and O–H groups in total. The molecule has 0 atom stereocenters. The number of rotatable bonds is 6. The monoisotopic (exact) mass is 798 g/mol. The predicted molar refractivity (Wildman–Crippen MR) is 245 cm³/mol. The molecule has 8 aromatic carbocycles. The molecule has 0 unspecified atom stereocenters. The first-order valence-corrected chi connectivity index (χ1v) is 21.5. The zero-order valence-corrected chi connectivity index (χ0v) is 34.1. The quantitative estimate of drug-likeness (QED) is 0.166. The average Bonchev–Trinajstić information content (AvgIpc) is 3.40. The molecule has 0 saturated heterocycles. The lowest BCUT2D eigenvalue weighted by Crippen LogP contribution is -2.24. The maximum absolute atomic E-state index is 7.04. The second kappa shape index (κ2) is 14.3. The van der Waals surface area contributed by atoms with Crippen LogP contribution in [-0.4, -0.2) is 0 Å². The summed E-state index contributed by atoms with van der Waals surface area (Å²) < 4.78 is 14.1. The first kappa shape index (κ1) is 35.6. The van der Waals surface area contributed by atoms with E-state index in [0.29, 0.717) is 0 Å². The van der Waals surface area contributed by atoms with Crippen molar-refractivity contribution in [2.24, 2.45) is 0 Å². The minimum absolute atomic E-state index is 0.491. The van der Waals surface area contributed by atoms with Gasteiger partial charge in [-0.1, -0.05) is 147 Å².